The molecular weight excluding hydrogens is 330 g/mol. The molecule has 2 aromatic rings. The fourth-order valence-electron chi connectivity index (χ4n) is 3.34. The summed E-state index contributed by atoms with van der Waals surface area (Å²) in [4.78, 5) is 4.68. The number of pyridine rings is 1. The zero-order valence-corrected chi connectivity index (χ0v) is 17.5. The van der Waals surface area contributed by atoms with Crippen LogP contribution in [0.25, 0.3) is 0 Å². The summed E-state index contributed by atoms with van der Waals surface area (Å²) >= 11 is 0. The number of rotatable bonds is 13. The minimum Gasteiger partial charge on any atom is -0.494 e. The lowest BCUT2D eigenvalue weighted by atomic mass is 9.94. The molecule has 0 bridgehead atoms. The molecule has 0 saturated carbocycles. The summed E-state index contributed by atoms with van der Waals surface area (Å²) in [6, 6.07) is 13.0. The van der Waals surface area contributed by atoms with Crippen molar-refractivity contribution in [1.29, 1.82) is 0 Å². The molecule has 148 valence electrons. The molecule has 0 radical (unpaired) electrons. The lowest BCUT2D eigenvalue weighted by Gasteiger charge is -2.14. The van der Waals surface area contributed by atoms with E-state index in [4.69, 9.17) is 4.74 Å². The molecule has 0 spiro atoms. The van der Waals surface area contributed by atoms with Crippen molar-refractivity contribution >= 4 is 0 Å². The van der Waals surface area contributed by atoms with Gasteiger partial charge in [0.05, 0.1) is 6.61 Å². The third-order valence-electron chi connectivity index (χ3n) is 5.28. The van der Waals surface area contributed by atoms with Gasteiger partial charge < -0.3 is 4.74 Å². The van der Waals surface area contributed by atoms with Crippen LogP contribution in [-0.4, -0.2) is 11.6 Å². The first kappa shape index (κ1) is 21.5. The van der Waals surface area contributed by atoms with Gasteiger partial charge in [-0.25, -0.2) is 0 Å². The van der Waals surface area contributed by atoms with Gasteiger partial charge in [0, 0.05) is 17.8 Å². The average molecular weight is 368 g/mol. The lowest BCUT2D eigenvalue weighted by Crippen LogP contribution is -2.00. The summed E-state index contributed by atoms with van der Waals surface area (Å²) in [5.41, 5.74) is 3.81. The number of aromatic nitrogens is 1. The maximum atomic E-state index is 5.85. The van der Waals surface area contributed by atoms with Gasteiger partial charge in [-0.3, -0.25) is 4.98 Å². The molecule has 1 heterocycles. The van der Waals surface area contributed by atoms with E-state index in [0.29, 0.717) is 5.92 Å². The van der Waals surface area contributed by atoms with E-state index < -0.39 is 0 Å². The lowest BCUT2D eigenvalue weighted by molar-refractivity contribution is 0.305. The number of ether oxygens (including phenoxy) is 1. The molecule has 0 N–H and O–H groups in total. The van der Waals surface area contributed by atoms with E-state index in [-0.39, 0.29) is 0 Å². The van der Waals surface area contributed by atoms with E-state index in [1.807, 2.05) is 0 Å². The van der Waals surface area contributed by atoms with Crippen LogP contribution in [0.2, 0.25) is 0 Å². The molecule has 0 aliphatic carbocycles. The molecule has 0 amide bonds. The van der Waals surface area contributed by atoms with Gasteiger partial charge in [0.2, 0.25) is 0 Å². The van der Waals surface area contributed by atoms with Crippen molar-refractivity contribution in [3.05, 3.63) is 59.4 Å². The Morgan fingerprint density at radius 1 is 0.778 bits per heavy atom. The quantitative estimate of drug-likeness (QED) is 0.346. The molecule has 2 nitrogen and oxygen atoms in total. The number of benzene rings is 1. The van der Waals surface area contributed by atoms with E-state index >= 15 is 0 Å². The largest absolute Gasteiger partial charge is 0.494 e. The Hall–Kier alpha value is -1.83. The molecule has 2 rings (SSSR count). The molecule has 0 aliphatic heterocycles. The summed E-state index contributed by atoms with van der Waals surface area (Å²) < 4.78 is 5.85. The SMILES string of the molecule is CCCCCCOc1ccc(C(C)c2ccc(CCCCCC)nc2)cc1. The summed E-state index contributed by atoms with van der Waals surface area (Å²) in [5, 5.41) is 0. The number of unbranched alkanes of at least 4 members (excludes halogenated alkanes) is 6. The van der Waals surface area contributed by atoms with Crippen LogP contribution in [-0.2, 0) is 6.42 Å². The smallest absolute Gasteiger partial charge is 0.119 e. The summed E-state index contributed by atoms with van der Waals surface area (Å²) in [5.74, 6) is 1.33. The van der Waals surface area contributed by atoms with Gasteiger partial charge in [0.1, 0.15) is 5.75 Å². The molecule has 1 aromatic carbocycles. The van der Waals surface area contributed by atoms with Crippen molar-refractivity contribution in [2.24, 2.45) is 0 Å². The highest BCUT2D eigenvalue weighted by Crippen LogP contribution is 2.25. The highest BCUT2D eigenvalue weighted by molar-refractivity contribution is 5.34. The van der Waals surface area contributed by atoms with E-state index in [9.17, 15) is 0 Å². The van der Waals surface area contributed by atoms with Crippen molar-refractivity contribution in [3.63, 3.8) is 0 Å². The second-order valence-corrected chi connectivity index (χ2v) is 7.59. The molecule has 0 saturated heterocycles. The Kier molecular flexibility index (Phi) is 9.97. The highest BCUT2D eigenvalue weighted by atomic mass is 16.5. The standard InChI is InChI=1S/C25H37NO/c1-4-6-8-10-12-24-16-13-23(20-26-24)21(3)22-14-17-25(18-15-22)27-19-11-9-7-5-2/h13-18,20-21H,4-12,19H2,1-3H3. The monoisotopic (exact) mass is 367 g/mol. The van der Waals surface area contributed by atoms with Gasteiger partial charge in [-0.05, 0) is 48.6 Å². The van der Waals surface area contributed by atoms with Crippen molar-refractivity contribution < 1.29 is 4.74 Å². The number of hydrogen-bond donors (Lipinski definition) is 0. The van der Waals surface area contributed by atoms with E-state index in [0.717, 1.165) is 25.2 Å². The Morgan fingerprint density at radius 3 is 2.07 bits per heavy atom. The molecular formula is C25H37NO. The summed E-state index contributed by atoms with van der Waals surface area (Å²) in [7, 11) is 0. The normalized spacial score (nSPS) is 12.1. The van der Waals surface area contributed by atoms with E-state index in [1.54, 1.807) is 0 Å². The topological polar surface area (TPSA) is 22.1 Å². The van der Waals surface area contributed by atoms with Crippen LogP contribution in [0.4, 0.5) is 0 Å². The predicted molar refractivity (Wildman–Crippen MR) is 116 cm³/mol. The maximum absolute atomic E-state index is 5.85. The molecule has 1 unspecified atom stereocenters. The Labute approximate surface area is 166 Å². The van der Waals surface area contributed by atoms with Gasteiger partial charge in [-0.1, -0.05) is 77.5 Å². The Bertz CT molecular complexity index is 618. The molecule has 1 aromatic heterocycles. The first-order valence-electron chi connectivity index (χ1n) is 10.9. The minimum atomic E-state index is 0.352. The van der Waals surface area contributed by atoms with Crippen LogP contribution in [0.5, 0.6) is 5.75 Å². The second kappa shape index (κ2) is 12.5. The average Bonchev–Trinajstić information content (AvgIpc) is 2.71. The van der Waals surface area contributed by atoms with Gasteiger partial charge in [-0.2, -0.15) is 0 Å². The molecule has 0 aliphatic rings. The second-order valence-electron chi connectivity index (χ2n) is 7.59. The van der Waals surface area contributed by atoms with Crippen molar-refractivity contribution in [1.82, 2.24) is 4.98 Å². The van der Waals surface area contributed by atoms with Gasteiger partial charge >= 0.3 is 0 Å². The van der Waals surface area contributed by atoms with Gasteiger partial charge in [0.25, 0.3) is 0 Å². The van der Waals surface area contributed by atoms with Crippen LogP contribution < -0.4 is 4.74 Å². The van der Waals surface area contributed by atoms with Crippen LogP contribution in [0.15, 0.2) is 42.6 Å². The van der Waals surface area contributed by atoms with E-state index in [1.165, 1.54) is 61.8 Å². The van der Waals surface area contributed by atoms with Gasteiger partial charge in [-0.15, -0.1) is 0 Å². The summed E-state index contributed by atoms with van der Waals surface area (Å²) in [6.45, 7) is 7.55. The third kappa shape index (κ3) is 7.74. The minimum absolute atomic E-state index is 0.352. The fourth-order valence-corrected chi connectivity index (χ4v) is 3.34. The zero-order chi connectivity index (χ0) is 19.3. The molecule has 0 fully saturated rings. The van der Waals surface area contributed by atoms with Crippen molar-refractivity contribution in [3.8, 4) is 5.75 Å². The van der Waals surface area contributed by atoms with E-state index in [2.05, 4.69) is 68.4 Å². The van der Waals surface area contributed by atoms with Crippen LogP contribution in [0, 0.1) is 0 Å². The zero-order valence-electron chi connectivity index (χ0n) is 17.5. The molecule has 2 heteroatoms. The number of nitrogens with zero attached hydrogens (tertiary/aromatic N) is 1. The summed E-state index contributed by atoms with van der Waals surface area (Å²) in [6.07, 6.45) is 13.3. The van der Waals surface area contributed by atoms with Crippen LogP contribution >= 0.6 is 0 Å². The Balaban J connectivity index is 1.82. The van der Waals surface area contributed by atoms with Crippen LogP contribution in [0.1, 0.15) is 94.9 Å². The third-order valence-corrected chi connectivity index (χ3v) is 5.28. The first-order valence-corrected chi connectivity index (χ1v) is 10.9. The van der Waals surface area contributed by atoms with Crippen molar-refractivity contribution in [2.75, 3.05) is 6.61 Å². The van der Waals surface area contributed by atoms with Gasteiger partial charge in [0.15, 0.2) is 0 Å². The van der Waals surface area contributed by atoms with Crippen molar-refractivity contribution in [2.45, 2.75) is 84.5 Å². The molecule has 27 heavy (non-hydrogen) atoms. The number of aryl methyl sites for hydroxylation is 1. The van der Waals surface area contributed by atoms with Crippen LogP contribution in [0.3, 0.4) is 0 Å². The predicted octanol–water partition coefficient (Wildman–Crippen LogP) is 7.32. The number of hydrogen-bond acceptors (Lipinski definition) is 2. The fraction of sp³-hybridized carbons (Fsp3) is 0.560. The Morgan fingerprint density at radius 2 is 1.44 bits per heavy atom. The molecule has 1 atom stereocenters. The first-order chi connectivity index (χ1) is 13.2. The highest BCUT2D eigenvalue weighted by Gasteiger charge is 2.09. The maximum Gasteiger partial charge on any atom is 0.119 e.